The molecule has 2 aromatic heterocycles. The second kappa shape index (κ2) is 9.87. The highest BCUT2D eigenvalue weighted by molar-refractivity contribution is 5.42. The predicted molar refractivity (Wildman–Crippen MR) is 122 cm³/mol. The molecule has 0 fully saturated rings. The smallest absolute Gasteiger partial charge is 0.126 e. The summed E-state index contributed by atoms with van der Waals surface area (Å²) in [6, 6.07) is 28.8. The lowest BCUT2D eigenvalue weighted by atomic mass is 9.82. The lowest BCUT2D eigenvalue weighted by molar-refractivity contribution is 0.133. The van der Waals surface area contributed by atoms with Crippen LogP contribution in [0.15, 0.2) is 103 Å². The molecule has 0 amide bonds. The second-order valence-electron chi connectivity index (χ2n) is 7.25. The van der Waals surface area contributed by atoms with E-state index in [1.165, 1.54) is 0 Å². The van der Waals surface area contributed by atoms with Crippen LogP contribution in [-0.4, -0.2) is 22.2 Å². The Labute approximate surface area is 182 Å². The fourth-order valence-corrected chi connectivity index (χ4v) is 3.74. The van der Waals surface area contributed by atoms with Crippen LogP contribution >= 0.6 is 0 Å². The first-order valence-corrected chi connectivity index (χ1v) is 10.2. The Morgan fingerprint density at radius 1 is 0.742 bits per heavy atom. The molecule has 0 spiro atoms. The quantitative estimate of drug-likeness (QED) is 0.419. The monoisotopic (exact) mass is 411 g/mol. The summed E-state index contributed by atoms with van der Waals surface area (Å²) in [4.78, 5) is 9.05. The molecule has 4 aromatic rings. The number of nitrogens with zero attached hydrogens (tertiary/aromatic N) is 2. The van der Waals surface area contributed by atoms with Crippen LogP contribution in [0, 0.1) is 0 Å². The number of ether oxygens (including phenoxy) is 1. The topological polar surface area (TPSA) is 67.3 Å². The third-order valence-corrected chi connectivity index (χ3v) is 5.31. The molecule has 2 aromatic carbocycles. The highest BCUT2D eigenvalue weighted by Crippen LogP contribution is 2.41. The first-order valence-electron chi connectivity index (χ1n) is 10.2. The van der Waals surface area contributed by atoms with Gasteiger partial charge in [-0.1, -0.05) is 54.6 Å². The van der Waals surface area contributed by atoms with Gasteiger partial charge in [0.1, 0.15) is 11.6 Å². The SMILES string of the molecule is COc1ccc([C@H](O)[C@H](c2ccccn2)[C@@H](Nc2ccccn2)c2ccccc2)cc1. The zero-order valence-electron chi connectivity index (χ0n) is 17.3. The van der Waals surface area contributed by atoms with Gasteiger partial charge in [0.15, 0.2) is 0 Å². The summed E-state index contributed by atoms with van der Waals surface area (Å²) in [7, 11) is 1.63. The van der Waals surface area contributed by atoms with Crippen LogP contribution < -0.4 is 10.1 Å². The summed E-state index contributed by atoms with van der Waals surface area (Å²) >= 11 is 0. The van der Waals surface area contributed by atoms with Crippen molar-refractivity contribution in [2.45, 2.75) is 18.1 Å². The summed E-state index contributed by atoms with van der Waals surface area (Å²) in [5.41, 5.74) is 2.62. The number of anilines is 1. The molecule has 0 radical (unpaired) electrons. The van der Waals surface area contributed by atoms with Gasteiger partial charge in [0.05, 0.1) is 25.2 Å². The Hall–Kier alpha value is -3.70. The van der Waals surface area contributed by atoms with E-state index in [0.717, 1.165) is 28.4 Å². The van der Waals surface area contributed by atoms with Gasteiger partial charge in [-0.25, -0.2) is 4.98 Å². The molecule has 0 saturated heterocycles. The van der Waals surface area contributed by atoms with Gasteiger partial charge in [-0.05, 0) is 47.5 Å². The maximum atomic E-state index is 11.6. The number of hydrogen-bond donors (Lipinski definition) is 2. The van der Waals surface area contributed by atoms with Crippen molar-refractivity contribution in [3.8, 4) is 5.75 Å². The highest BCUT2D eigenvalue weighted by atomic mass is 16.5. The normalized spacial score (nSPS) is 13.7. The maximum Gasteiger partial charge on any atom is 0.126 e. The Kier molecular flexibility index (Phi) is 6.55. The van der Waals surface area contributed by atoms with Crippen molar-refractivity contribution >= 4 is 5.82 Å². The van der Waals surface area contributed by atoms with Crippen molar-refractivity contribution in [1.29, 1.82) is 0 Å². The minimum Gasteiger partial charge on any atom is -0.497 e. The summed E-state index contributed by atoms with van der Waals surface area (Å²) in [6.45, 7) is 0. The number of methoxy groups -OCH3 is 1. The van der Waals surface area contributed by atoms with Crippen LogP contribution in [0.2, 0.25) is 0 Å². The number of hydrogen-bond acceptors (Lipinski definition) is 5. The largest absolute Gasteiger partial charge is 0.497 e. The number of aliphatic hydroxyl groups is 1. The van der Waals surface area contributed by atoms with Crippen LogP contribution in [0.1, 0.15) is 34.9 Å². The fourth-order valence-electron chi connectivity index (χ4n) is 3.74. The van der Waals surface area contributed by atoms with E-state index in [-0.39, 0.29) is 12.0 Å². The van der Waals surface area contributed by atoms with Gasteiger partial charge in [-0.3, -0.25) is 4.98 Å². The molecule has 5 nitrogen and oxygen atoms in total. The zero-order chi connectivity index (χ0) is 21.5. The molecular formula is C26H25N3O2. The third kappa shape index (κ3) is 4.90. The number of aromatic nitrogens is 2. The summed E-state index contributed by atoms with van der Waals surface area (Å²) < 4.78 is 5.28. The van der Waals surface area contributed by atoms with E-state index < -0.39 is 6.10 Å². The van der Waals surface area contributed by atoms with E-state index in [1.54, 1.807) is 19.5 Å². The van der Waals surface area contributed by atoms with Gasteiger partial charge in [0.2, 0.25) is 0 Å². The van der Waals surface area contributed by atoms with Gasteiger partial charge in [-0.2, -0.15) is 0 Å². The molecule has 0 aliphatic carbocycles. The molecule has 0 unspecified atom stereocenters. The molecule has 0 bridgehead atoms. The van der Waals surface area contributed by atoms with Gasteiger partial charge in [0, 0.05) is 18.1 Å². The summed E-state index contributed by atoms with van der Waals surface area (Å²) in [5.74, 6) is 1.12. The number of aliphatic hydroxyl groups excluding tert-OH is 1. The van der Waals surface area contributed by atoms with E-state index in [2.05, 4.69) is 27.4 Å². The van der Waals surface area contributed by atoms with E-state index in [9.17, 15) is 5.11 Å². The average molecular weight is 412 g/mol. The molecule has 3 atom stereocenters. The van der Waals surface area contributed by atoms with Gasteiger partial charge in [-0.15, -0.1) is 0 Å². The average Bonchev–Trinajstić information content (AvgIpc) is 2.85. The highest BCUT2D eigenvalue weighted by Gasteiger charge is 2.33. The minimum absolute atomic E-state index is 0.261. The van der Waals surface area contributed by atoms with Crippen LogP contribution in [0.4, 0.5) is 5.82 Å². The molecular weight excluding hydrogens is 386 g/mol. The summed E-state index contributed by atoms with van der Waals surface area (Å²) in [5, 5.41) is 15.1. The van der Waals surface area contributed by atoms with Crippen LogP contribution in [0.3, 0.4) is 0 Å². The molecule has 4 rings (SSSR count). The molecule has 31 heavy (non-hydrogen) atoms. The van der Waals surface area contributed by atoms with E-state index in [1.807, 2.05) is 78.9 Å². The van der Waals surface area contributed by atoms with E-state index in [0.29, 0.717) is 0 Å². The Bertz CT molecular complexity index is 1060. The van der Waals surface area contributed by atoms with Crippen molar-refractivity contribution in [3.63, 3.8) is 0 Å². The van der Waals surface area contributed by atoms with Gasteiger partial charge >= 0.3 is 0 Å². The molecule has 156 valence electrons. The standard InChI is InChI=1S/C26H25N3O2/c1-31-21-15-13-20(14-16-21)26(30)24(22-11-5-7-17-27-22)25(19-9-3-2-4-10-19)29-23-12-6-8-18-28-23/h2-18,24-26,30H,1H3,(H,28,29)/t24-,25+,26+/m1/s1. The third-order valence-electron chi connectivity index (χ3n) is 5.31. The van der Waals surface area contributed by atoms with Crippen molar-refractivity contribution < 1.29 is 9.84 Å². The number of pyridine rings is 2. The first kappa shape index (κ1) is 20.6. The first-order chi connectivity index (χ1) is 15.3. The Morgan fingerprint density at radius 3 is 2.03 bits per heavy atom. The van der Waals surface area contributed by atoms with E-state index in [4.69, 9.17) is 4.74 Å². The molecule has 0 saturated carbocycles. The van der Waals surface area contributed by atoms with Crippen molar-refractivity contribution in [3.05, 3.63) is 120 Å². The van der Waals surface area contributed by atoms with Crippen LogP contribution in [0.5, 0.6) is 5.75 Å². The molecule has 5 heteroatoms. The van der Waals surface area contributed by atoms with Crippen LogP contribution in [-0.2, 0) is 0 Å². The van der Waals surface area contributed by atoms with Crippen molar-refractivity contribution in [2.24, 2.45) is 0 Å². The minimum atomic E-state index is -0.803. The number of rotatable bonds is 8. The zero-order valence-corrected chi connectivity index (χ0v) is 17.3. The fraction of sp³-hybridized carbons (Fsp3) is 0.154. The maximum absolute atomic E-state index is 11.6. The number of benzene rings is 2. The molecule has 0 aliphatic heterocycles. The van der Waals surface area contributed by atoms with E-state index >= 15 is 0 Å². The van der Waals surface area contributed by atoms with Crippen molar-refractivity contribution in [1.82, 2.24) is 9.97 Å². The van der Waals surface area contributed by atoms with Crippen LogP contribution in [0.25, 0.3) is 0 Å². The Morgan fingerprint density at radius 2 is 1.42 bits per heavy atom. The second-order valence-corrected chi connectivity index (χ2v) is 7.25. The number of nitrogens with one attached hydrogen (secondary N) is 1. The Balaban J connectivity index is 1.79. The molecule has 0 aliphatic rings. The lowest BCUT2D eigenvalue weighted by Gasteiger charge is -2.32. The predicted octanol–water partition coefficient (Wildman–Crippen LogP) is 5.16. The summed E-state index contributed by atoms with van der Waals surface area (Å²) in [6.07, 6.45) is 2.70. The van der Waals surface area contributed by atoms with Crippen molar-refractivity contribution in [2.75, 3.05) is 12.4 Å². The molecule has 2 heterocycles. The molecule has 2 N–H and O–H groups in total. The lowest BCUT2D eigenvalue weighted by Crippen LogP contribution is -2.26. The van der Waals surface area contributed by atoms with Gasteiger partial charge < -0.3 is 15.2 Å². The van der Waals surface area contributed by atoms with Gasteiger partial charge in [0.25, 0.3) is 0 Å².